The predicted molar refractivity (Wildman–Crippen MR) is 186 cm³/mol. The quantitative estimate of drug-likeness (QED) is 0.187. The monoisotopic (exact) mass is 701 g/mol. The third-order valence-electron chi connectivity index (χ3n) is 10.0. The molecule has 1 atom stereocenters. The van der Waals surface area contributed by atoms with Gasteiger partial charge in [0.2, 0.25) is 0 Å². The lowest BCUT2D eigenvalue weighted by Crippen LogP contribution is -2.34. The van der Waals surface area contributed by atoms with E-state index < -0.39 is 23.7 Å². The normalized spacial score (nSPS) is 17.0. The summed E-state index contributed by atoms with van der Waals surface area (Å²) in [6.07, 6.45) is 3.32. The van der Waals surface area contributed by atoms with Gasteiger partial charge in [-0.25, -0.2) is 9.97 Å². The molecular formula is C37H38F3N7O2S. The molecule has 5 heterocycles. The lowest BCUT2D eigenvalue weighted by atomic mass is 9.97. The van der Waals surface area contributed by atoms with E-state index in [0.29, 0.717) is 34.3 Å². The van der Waals surface area contributed by atoms with E-state index in [4.69, 9.17) is 0 Å². The number of halogens is 3. The van der Waals surface area contributed by atoms with Crippen molar-refractivity contribution < 1.29 is 23.1 Å². The first-order chi connectivity index (χ1) is 23.9. The lowest BCUT2D eigenvalue weighted by molar-refractivity contribution is -0.136. The molecule has 2 aliphatic rings. The van der Waals surface area contributed by atoms with Crippen LogP contribution in [0.25, 0.3) is 10.9 Å². The van der Waals surface area contributed by atoms with Crippen LogP contribution in [0.3, 0.4) is 0 Å². The van der Waals surface area contributed by atoms with Gasteiger partial charge >= 0.3 is 6.18 Å². The predicted octanol–water partition coefficient (Wildman–Crippen LogP) is 6.53. The third kappa shape index (κ3) is 6.67. The third-order valence-corrected chi connectivity index (χ3v) is 10.7. The fraction of sp³-hybridized carbons (Fsp3) is 0.405. The molecule has 1 fully saturated rings. The second-order valence-electron chi connectivity index (χ2n) is 13.8. The molecule has 0 bridgehead atoms. The number of aromatic nitrogens is 5. The molecule has 260 valence electrons. The topological polar surface area (TPSA) is 101 Å². The molecule has 2 aliphatic heterocycles. The Morgan fingerprint density at radius 1 is 1.16 bits per heavy atom. The van der Waals surface area contributed by atoms with Gasteiger partial charge < -0.3 is 9.67 Å². The molecule has 2 N–H and O–H groups in total. The van der Waals surface area contributed by atoms with Crippen LogP contribution in [0.4, 0.5) is 18.3 Å². The van der Waals surface area contributed by atoms with Gasteiger partial charge in [-0.1, -0.05) is 24.0 Å². The molecule has 5 aromatic rings. The van der Waals surface area contributed by atoms with E-state index in [0.717, 1.165) is 56.2 Å². The summed E-state index contributed by atoms with van der Waals surface area (Å²) in [6, 6.07) is 7.68. The zero-order valence-electron chi connectivity index (χ0n) is 28.1. The van der Waals surface area contributed by atoms with Gasteiger partial charge in [-0.2, -0.15) is 18.3 Å². The first-order valence-corrected chi connectivity index (χ1v) is 17.6. The van der Waals surface area contributed by atoms with Crippen LogP contribution in [0, 0.1) is 24.7 Å². The van der Waals surface area contributed by atoms with Crippen LogP contribution < -0.4 is 5.32 Å². The highest BCUT2D eigenvalue weighted by Gasteiger charge is 2.39. The Morgan fingerprint density at radius 3 is 2.60 bits per heavy atom. The van der Waals surface area contributed by atoms with Crippen molar-refractivity contribution in [3.05, 3.63) is 93.6 Å². The van der Waals surface area contributed by atoms with Gasteiger partial charge in [-0.15, -0.1) is 11.3 Å². The molecule has 1 unspecified atom stereocenters. The number of nitrogens with one attached hydrogen (secondary N) is 1. The fourth-order valence-electron chi connectivity index (χ4n) is 7.00. The number of thiazole rings is 1. The Morgan fingerprint density at radius 2 is 1.92 bits per heavy atom. The number of benzene rings is 2. The SMILES string of the molecule is Cc1c(C#Cc2ccc(CN3CCC(CO)CC3)cc2)cc(C(F)(F)F)c2cn(C(C(=O)Nc3nccs3)c3ncn4c3CCC4(C)C)nc12. The second-order valence-corrected chi connectivity index (χ2v) is 14.7. The second kappa shape index (κ2) is 13.3. The number of hydrogen-bond acceptors (Lipinski definition) is 7. The van der Waals surface area contributed by atoms with Gasteiger partial charge in [0.05, 0.1) is 23.1 Å². The van der Waals surface area contributed by atoms with Crippen molar-refractivity contribution in [3.8, 4) is 11.8 Å². The molecule has 1 amide bonds. The van der Waals surface area contributed by atoms with Crippen LogP contribution in [0.5, 0.6) is 0 Å². The minimum Gasteiger partial charge on any atom is -0.396 e. The largest absolute Gasteiger partial charge is 0.417 e. The van der Waals surface area contributed by atoms with Crippen LogP contribution in [-0.2, 0) is 29.5 Å². The number of aliphatic hydroxyl groups excluding tert-OH is 1. The number of piperidine rings is 1. The van der Waals surface area contributed by atoms with Gasteiger partial charge in [0.15, 0.2) is 11.2 Å². The van der Waals surface area contributed by atoms with E-state index in [9.17, 15) is 23.1 Å². The van der Waals surface area contributed by atoms with Crippen molar-refractivity contribution in [1.82, 2.24) is 29.2 Å². The van der Waals surface area contributed by atoms with Crippen LogP contribution in [0.2, 0.25) is 0 Å². The highest BCUT2D eigenvalue weighted by atomic mass is 32.1. The number of likely N-dealkylation sites (tertiary alicyclic amines) is 1. The Bertz CT molecular complexity index is 2080. The molecule has 0 aliphatic carbocycles. The Hall–Kier alpha value is -4.51. The van der Waals surface area contributed by atoms with Gasteiger partial charge in [0.25, 0.3) is 5.91 Å². The smallest absolute Gasteiger partial charge is 0.396 e. The van der Waals surface area contributed by atoms with Gasteiger partial charge in [0.1, 0.15) is 0 Å². The molecular weight excluding hydrogens is 664 g/mol. The maximum absolute atomic E-state index is 14.6. The van der Waals surface area contributed by atoms with Crippen LogP contribution >= 0.6 is 11.3 Å². The highest BCUT2D eigenvalue weighted by molar-refractivity contribution is 7.13. The molecule has 7 rings (SSSR count). The first kappa shape index (κ1) is 34.0. The van der Waals surface area contributed by atoms with E-state index in [2.05, 4.69) is 51.0 Å². The lowest BCUT2D eigenvalue weighted by Gasteiger charge is -2.31. The average Bonchev–Trinajstić information content (AvgIpc) is 3.89. The highest BCUT2D eigenvalue weighted by Crippen LogP contribution is 2.40. The maximum Gasteiger partial charge on any atom is 0.417 e. The van der Waals surface area contributed by atoms with Crippen molar-refractivity contribution in [3.63, 3.8) is 0 Å². The summed E-state index contributed by atoms with van der Waals surface area (Å²) in [4.78, 5) is 25.0. The van der Waals surface area contributed by atoms with Crippen molar-refractivity contribution in [2.75, 3.05) is 25.0 Å². The van der Waals surface area contributed by atoms with Crippen molar-refractivity contribution >= 4 is 33.3 Å². The van der Waals surface area contributed by atoms with Crippen LogP contribution in [0.15, 0.2) is 54.4 Å². The summed E-state index contributed by atoms with van der Waals surface area (Å²) in [6.45, 7) is 8.77. The van der Waals surface area contributed by atoms with Crippen LogP contribution in [-0.4, -0.2) is 59.9 Å². The molecule has 3 aromatic heterocycles. The molecule has 9 nitrogen and oxygen atoms in total. The molecule has 0 saturated carbocycles. The summed E-state index contributed by atoms with van der Waals surface area (Å²) < 4.78 is 47.2. The first-order valence-electron chi connectivity index (χ1n) is 16.7. The van der Waals surface area contributed by atoms with E-state index in [1.54, 1.807) is 24.8 Å². The average molecular weight is 702 g/mol. The number of alkyl halides is 3. The minimum absolute atomic E-state index is 0.115. The molecule has 50 heavy (non-hydrogen) atoms. The van der Waals surface area contributed by atoms with Crippen LogP contribution in [0.1, 0.15) is 78.4 Å². The van der Waals surface area contributed by atoms with E-state index in [-0.39, 0.29) is 28.6 Å². The number of aryl methyl sites for hydroxylation is 1. The number of rotatable bonds is 7. The summed E-state index contributed by atoms with van der Waals surface area (Å²) in [5.41, 5.74) is 2.83. The number of carbonyl (C=O) groups is 1. The Kier molecular flexibility index (Phi) is 9.05. The molecule has 0 radical (unpaired) electrons. The number of anilines is 1. The molecule has 1 saturated heterocycles. The van der Waals surface area contributed by atoms with E-state index >= 15 is 0 Å². The molecule has 0 spiro atoms. The summed E-state index contributed by atoms with van der Waals surface area (Å²) in [7, 11) is 0. The van der Waals surface area contributed by atoms with Crippen molar-refractivity contribution in [1.29, 1.82) is 0 Å². The van der Waals surface area contributed by atoms with Gasteiger partial charge in [-0.05, 0) is 94.8 Å². The number of carbonyl (C=O) groups excluding carboxylic acids is 1. The number of imidazole rings is 1. The summed E-state index contributed by atoms with van der Waals surface area (Å²) >= 11 is 1.24. The number of amides is 1. The zero-order chi connectivity index (χ0) is 35.2. The summed E-state index contributed by atoms with van der Waals surface area (Å²) in [5.74, 6) is 5.89. The van der Waals surface area contributed by atoms with Crippen molar-refractivity contribution in [2.45, 2.75) is 70.8 Å². The minimum atomic E-state index is -4.69. The Labute approximate surface area is 292 Å². The van der Waals surface area contributed by atoms with Crippen molar-refractivity contribution in [2.24, 2.45) is 5.92 Å². The Balaban J connectivity index is 1.23. The number of aliphatic hydroxyl groups is 1. The van der Waals surface area contributed by atoms with Gasteiger partial charge in [0, 0.05) is 58.7 Å². The number of nitrogens with zero attached hydrogens (tertiary/aromatic N) is 6. The summed E-state index contributed by atoms with van der Waals surface area (Å²) in [5, 5.41) is 18.8. The van der Waals surface area contributed by atoms with Gasteiger partial charge in [-0.3, -0.25) is 19.7 Å². The number of hydrogen-bond donors (Lipinski definition) is 2. The molecule has 13 heteroatoms. The van der Waals surface area contributed by atoms with E-state index in [1.165, 1.54) is 22.2 Å². The molecule has 2 aromatic carbocycles. The van der Waals surface area contributed by atoms with E-state index in [1.807, 2.05) is 28.8 Å². The standard InChI is InChI=1S/C37H38F3N7O2S/c1-23-27(9-8-24-4-6-25(7-5-24)19-45-15-11-26(21-48)12-16-45)18-29(37(38,39)40)28-20-47(44-31(23)28)33(34(49)43-35-41-14-17-50-35)32-30-10-13-36(2,3)46(30)22-42-32/h4-7,14,17-18,20,22,26,33,48H,10-13,15-16,19,21H2,1-3H3,(H,41,43,49). The zero-order valence-corrected chi connectivity index (χ0v) is 28.9. The maximum atomic E-state index is 14.6. The number of fused-ring (bicyclic) bond motifs is 2. The fourth-order valence-corrected chi connectivity index (χ4v) is 7.53.